The summed E-state index contributed by atoms with van der Waals surface area (Å²) in [6, 6.07) is 13.8. The Morgan fingerprint density at radius 2 is 1.59 bits per heavy atom. The molecular formula is C20H25FNO4Se+. The molecule has 2 rings (SSSR count). The fourth-order valence-electron chi connectivity index (χ4n) is 3.28. The van der Waals surface area contributed by atoms with E-state index in [0.29, 0.717) is 5.56 Å². The van der Waals surface area contributed by atoms with Crippen molar-refractivity contribution in [3.05, 3.63) is 66.0 Å². The topological polar surface area (TPSA) is 60.4 Å². The number of likely N-dealkylation sites (N-methyl/N-ethyl adjacent to an activating group) is 1. The van der Waals surface area contributed by atoms with E-state index in [1.54, 1.807) is 51.5 Å². The van der Waals surface area contributed by atoms with Crippen molar-refractivity contribution in [2.75, 3.05) is 28.3 Å². The van der Waals surface area contributed by atoms with Crippen molar-refractivity contribution >= 4 is 23.1 Å². The van der Waals surface area contributed by atoms with Gasteiger partial charge < -0.3 is 0 Å². The van der Waals surface area contributed by atoms with Gasteiger partial charge in [-0.3, -0.25) is 0 Å². The summed E-state index contributed by atoms with van der Waals surface area (Å²) in [5, 5.41) is -0.178. The van der Waals surface area contributed by atoms with E-state index in [2.05, 4.69) is 0 Å². The van der Waals surface area contributed by atoms with E-state index < -0.39 is 30.0 Å². The molecule has 1 unspecified atom stereocenters. The third kappa shape index (κ3) is 4.26. The number of carbonyl (C=O) groups excluding carboxylic acids is 1. The molecule has 0 N–H and O–H groups in total. The number of hydrogen-bond acceptors (Lipinski definition) is 4. The van der Waals surface area contributed by atoms with Crippen molar-refractivity contribution < 1.29 is 26.1 Å². The van der Waals surface area contributed by atoms with Gasteiger partial charge in [0.2, 0.25) is 0 Å². The Balaban J connectivity index is 2.53. The van der Waals surface area contributed by atoms with Crippen molar-refractivity contribution in [1.82, 2.24) is 0 Å². The summed E-state index contributed by atoms with van der Waals surface area (Å²) >= 11 is -4.47. The molecule has 0 aliphatic rings. The summed E-state index contributed by atoms with van der Waals surface area (Å²) < 4.78 is 44.6. The van der Waals surface area contributed by atoms with Crippen LogP contribution in [0.3, 0.4) is 0 Å². The van der Waals surface area contributed by atoms with E-state index in [0.717, 1.165) is 0 Å². The Kier molecular flexibility index (Phi) is 6.20. The SMILES string of the molecule is COC(=O)C(CC[Se](=O)(=O)c1ccccc1)(c1ccc(F)cc1)[N+](C)(C)C. The summed E-state index contributed by atoms with van der Waals surface area (Å²) in [5.74, 6) is -0.983. The van der Waals surface area contributed by atoms with E-state index in [1.165, 1.54) is 31.4 Å². The van der Waals surface area contributed by atoms with Gasteiger partial charge in [-0.05, 0) is 0 Å². The zero-order valence-electron chi connectivity index (χ0n) is 16.0. The van der Waals surface area contributed by atoms with Crippen LogP contribution in [0, 0.1) is 5.82 Å². The van der Waals surface area contributed by atoms with Gasteiger partial charge >= 0.3 is 161 Å². The molecule has 2 aromatic carbocycles. The number of rotatable bonds is 7. The van der Waals surface area contributed by atoms with Crippen molar-refractivity contribution in [2.45, 2.75) is 17.3 Å². The van der Waals surface area contributed by atoms with Gasteiger partial charge in [-0.15, -0.1) is 0 Å². The first-order valence-electron chi connectivity index (χ1n) is 8.48. The molecule has 0 saturated heterocycles. The van der Waals surface area contributed by atoms with Gasteiger partial charge in [0.15, 0.2) is 0 Å². The molecular weight excluding hydrogens is 416 g/mol. The Morgan fingerprint density at radius 3 is 2.07 bits per heavy atom. The average Bonchev–Trinajstić information content (AvgIpc) is 2.62. The molecule has 2 aromatic rings. The Hall–Kier alpha value is -2.08. The summed E-state index contributed by atoms with van der Waals surface area (Å²) in [6.07, 6.45) is 0.0245. The number of halogens is 1. The fraction of sp³-hybridized carbons (Fsp3) is 0.350. The molecule has 0 aliphatic carbocycles. The van der Waals surface area contributed by atoms with Crippen LogP contribution < -0.4 is 4.46 Å². The number of quaternary nitrogens is 1. The van der Waals surface area contributed by atoms with E-state index >= 15 is 0 Å². The molecule has 0 radical (unpaired) electrons. The molecule has 1 atom stereocenters. The molecule has 27 heavy (non-hydrogen) atoms. The molecule has 0 saturated carbocycles. The van der Waals surface area contributed by atoms with Crippen LogP contribution in [0.25, 0.3) is 0 Å². The van der Waals surface area contributed by atoms with Gasteiger partial charge in [-0.2, -0.15) is 0 Å². The number of carbonyl (C=O) groups is 1. The molecule has 0 aliphatic heterocycles. The zero-order chi connectivity index (χ0) is 20.3. The van der Waals surface area contributed by atoms with Crippen LogP contribution >= 0.6 is 0 Å². The summed E-state index contributed by atoms with van der Waals surface area (Å²) in [5.41, 5.74) is -0.765. The van der Waals surface area contributed by atoms with Crippen LogP contribution in [0.15, 0.2) is 54.6 Å². The van der Waals surface area contributed by atoms with E-state index in [9.17, 15) is 16.9 Å². The van der Waals surface area contributed by atoms with Crippen molar-refractivity contribution in [3.63, 3.8) is 0 Å². The zero-order valence-corrected chi connectivity index (χ0v) is 17.7. The van der Waals surface area contributed by atoms with Gasteiger partial charge in [0.1, 0.15) is 0 Å². The monoisotopic (exact) mass is 442 g/mol. The van der Waals surface area contributed by atoms with E-state index in [4.69, 9.17) is 4.74 Å². The number of nitrogens with zero attached hydrogens (tertiary/aromatic N) is 1. The van der Waals surface area contributed by atoms with Crippen LogP contribution in [0.2, 0.25) is 5.32 Å². The van der Waals surface area contributed by atoms with Crippen molar-refractivity contribution in [1.29, 1.82) is 0 Å². The molecule has 0 fully saturated rings. The second kappa shape index (κ2) is 7.88. The standard InChI is InChI=1S/C20H25FNO4Se/c1-22(2,3)20(19(23)26-4,16-10-12-17(21)13-11-16)14-15-27(24,25)18-8-6-5-7-9-18/h5-13H,14-15H2,1-4H3/q+1. The Bertz CT molecular complexity index is 890. The summed E-state index contributed by atoms with van der Waals surface area (Å²) in [4.78, 5) is 12.9. The first-order chi connectivity index (χ1) is 12.5. The average molecular weight is 441 g/mol. The van der Waals surface area contributed by atoms with E-state index in [-0.39, 0.29) is 20.7 Å². The van der Waals surface area contributed by atoms with Gasteiger partial charge in [0.25, 0.3) is 0 Å². The van der Waals surface area contributed by atoms with Crippen molar-refractivity contribution in [3.8, 4) is 0 Å². The molecule has 0 heterocycles. The van der Waals surface area contributed by atoms with Gasteiger partial charge in [-0.25, -0.2) is 0 Å². The van der Waals surface area contributed by atoms with Crippen LogP contribution in [-0.4, -0.2) is 51.4 Å². The molecule has 5 nitrogen and oxygen atoms in total. The second-order valence-corrected chi connectivity index (χ2v) is 11.7. The van der Waals surface area contributed by atoms with Gasteiger partial charge in [0.05, 0.1) is 0 Å². The third-order valence-corrected chi connectivity index (χ3v) is 8.46. The third-order valence-electron chi connectivity index (χ3n) is 4.82. The van der Waals surface area contributed by atoms with Crippen LogP contribution in [-0.2, 0) is 22.7 Å². The molecule has 0 bridgehead atoms. The van der Waals surface area contributed by atoms with Gasteiger partial charge in [-0.1, -0.05) is 0 Å². The number of esters is 1. The Labute approximate surface area is 161 Å². The van der Waals surface area contributed by atoms with Crippen LogP contribution in [0.5, 0.6) is 0 Å². The van der Waals surface area contributed by atoms with Crippen molar-refractivity contribution in [2.24, 2.45) is 0 Å². The summed E-state index contributed by atoms with van der Waals surface area (Å²) in [6.45, 7) is 0. The molecule has 7 heteroatoms. The first-order valence-corrected chi connectivity index (χ1v) is 11.9. The number of ether oxygens (including phenoxy) is 1. The number of hydrogen-bond donors (Lipinski definition) is 0. The quantitative estimate of drug-likeness (QED) is 0.377. The predicted octanol–water partition coefficient (Wildman–Crippen LogP) is 2.50. The minimum atomic E-state index is -4.47. The Morgan fingerprint density at radius 1 is 1.04 bits per heavy atom. The molecule has 0 aromatic heterocycles. The molecule has 146 valence electrons. The predicted molar refractivity (Wildman–Crippen MR) is 101 cm³/mol. The molecule has 0 spiro atoms. The number of benzene rings is 2. The maximum absolute atomic E-state index is 13.4. The number of methoxy groups -OCH3 is 1. The van der Waals surface area contributed by atoms with Crippen LogP contribution in [0.4, 0.5) is 4.39 Å². The maximum atomic E-state index is 13.4. The summed E-state index contributed by atoms with van der Waals surface area (Å²) in [7, 11) is 6.66. The van der Waals surface area contributed by atoms with Gasteiger partial charge in [0, 0.05) is 0 Å². The van der Waals surface area contributed by atoms with E-state index in [1.807, 2.05) is 0 Å². The minimum absolute atomic E-state index is 0.0245. The second-order valence-electron chi connectivity index (χ2n) is 7.25. The first kappa shape index (κ1) is 21.2. The molecule has 0 amide bonds. The normalized spacial score (nSPS) is 14.4. The fourth-order valence-corrected chi connectivity index (χ4v) is 6.16. The van der Waals surface area contributed by atoms with Crippen LogP contribution in [0.1, 0.15) is 12.0 Å².